The van der Waals surface area contributed by atoms with E-state index in [1.165, 1.54) is 38.6 Å². The maximum Gasteiger partial charge on any atom is 0.00989 e. The maximum atomic E-state index is 3.88. The van der Waals surface area contributed by atoms with Crippen LogP contribution in [0.4, 0.5) is 0 Å². The van der Waals surface area contributed by atoms with Crippen LogP contribution in [0, 0.1) is 46.3 Å². The van der Waals surface area contributed by atoms with Crippen LogP contribution < -0.4 is 10.6 Å². The van der Waals surface area contributed by atoms with E-state index in [1.54, 1.807) is 0 Å². The highest BCUT2D eigenvalue weighted by atomic mass is 15.0. The van der Waals surface area contributed by atoms with E-state index in [1.807, 2.05) is 0 Å². The minimum atomic E-state index is 0.615. The summed E-state index contributed by atoms with van der Waals surface area (Å²) in [5.41, 5.74) is 1.25. The van der Waals surface area contributed by atoms with Gasteiger partial charge in [-0.2, -0.15) is 0 Å². The van der Waals surface area contributed by atoms with Gasteiger partial charge in [0, 0.05) is 19.1 Å². The van der Waals surface area contributed by atoms with Crippen LogP contribution in [0.25, 0.3) is 0 Å². The summed E-state index contributed by atoms with van der Waals surface area (Å²) in [6, 6.07) is 0.768. The SMILES string of the molecule is CC1C(NCCNCC2CCC3CC2C3(C)C)CC2CC1C2(C)C. The van der Waals surface area contributed by atoms with Gasteiger partial charge < -0.3 is 10.6 Å². The number of hydrogen-bond acceptors (Lipinski definition) is 2. The number of hydrogen-bond donors (Lipinski definition) is 2. The third kappa shape index (κ3) is 2.58. The van der Waals surface area contributed by atoms with Crippen molar-refractivity contribution in [2.75, 3.05) is 19.6 Å². The van der Waals surface area contributed by atoms with Gasteiger partial charge in [0.05, 0.1) is 0 Å². The normalized spacial score (nSPS) is 47.6. The quantitative estimate of drug-likeness (QED) is 0.708. The van der Waals surface area contributed by atoms with E-state index in [-0.39, 0.29) is 0 Å². The number of rotatable bonds is 6. The molecule has 4 bridgehead atoms. The predicted molar refractivity (Wildman–Crippen MR) is 102 cm³/mol. The molecule has 7 atom stereocenters. The van der Waals surface area contributed by atoms with Gasteiger partial charge in [-0.05, 0) is 85.0 Å². The first-order chi connectivity index (χ1) is 11.3. The minimum absolute atomic E-state index is 0.615. The summed E-state index contributed by atoms with van der Waals surface area (Å²) in [7, 11) is 0. The Labute approximate surface area is 149 Å². The topological polar surface area (TPSA) is 24.1 Å². The smallest absolute Gasteiger partial charge is 0.00989 e. The molecule has 0 radical (unpaired) electrons. The minimum Gasteiger partial charge on any atom is -0.315 e. The van der Waals surface area contributed by atoms with Gasteiger partial charge in [0.1, 0.15) is 0 Å². The van der Waals surface area contributed by atoms with Crippen LogP contribution in [0.5, 0.6) is 0 Å². The van der Waals surface area contributed by atoms with Gasteiger partial charge in [-0.15, -0.1) is 0 Å². The highest BCUT2D eigenvalue weighted by molar-refractivity contribution is 5.07. The Kier molecular flexibility index (Phi) is 4.32. The highest BCUT2D eigenvalue weighted by Crippen LogP contribution is 2.62. The van der Waals surface area contributed by atoms with Crippen molar-refractivity contribution in [2.45, 2.75) is 72.8 Å². The molecule has 0 saturated heterocycles. The monoisotopic (exact) mass is 332 g/mol. The lowest BCUT2D eigenvalue weighted by Crippen LogP contribution is -2.60. The second-order valence-electron chi connectivity index (χ2n) is 10.9. The van der Waals surface area contributed by atoms with Crippen LogP contribution in [0.1, 0.15) is 66.7 Å². The first-order valence-corrected chi connectivity index (χ1v) is 10.8. The van der Waals surface area contributed by atoms with Gasteiger partial charge in [-0.3, -0.25) is 0 Å². The molecular formula is C22H40N2. The molecule has 0 aromatic rings. The summed E-state index contributed by atoms with van der Waals surface area (Å²) >= 11 is 0. The Hall–Kier alpha value is -0.0800. The molecule has 6 aliphatic rings. The van der Waals surface area contributed by atoms with Crippen molar-refractivity contribution < 1.29 is 0 Å². The maximum absolute atomic E-state index is 3.88. The van der Waals surface area contributed by atoms with Crippen molar-refractivity contribution in [3.63, 3.8) is 0 Å². The van der Waals surface area contributed by atoms with Gasteiger partial charge >= 0.3 is 0 Å². The van der Waals surface area contributed by atoms with Crippen molar-refractivity contribution in [1.29, 1.82) is 0 Å². The van der Waals surface area contributed by atoms with Crippen molar-refractivity contribution in [1.82, 2.24) is 10.6 Å². The number of nitrogens with one attached hydrogen (secondary N) is 2. The molecule has 24 heavy (non-hydrogen) atoms. The first kappa shape index (κ1) is 17.3. The molecule has 0 amide bonds. The van der Waals surface area contributed by atoms with Crippen molar-refractivity contribution >= 4 is 0 Å². The van der Waals surface area contributed by atoms with E-state index >= 15 is 0 Å². The third-order valence-electron chi connectivity index (χ3n) is 9.47. The summed E-state index contributed by atoms with van der Waals surface area (Å²) in [6.45, 7) is 16.1. The molecule has 0 aliphatic heterocycles. The molecule has 2 N–H and O–H groups in total. The highest BCUT2D eigenvalue weighted by Gasteiger charge is 2.56. The Bertz CT molecular complexity index is 467. The Balaban J connectivity index is 1.15. The Morgan fingerprint density at radius 1 is 0.833 bits per heavy atom. The predicted octanol–water partition coefficient (Wildman–Crippen LogP) is 4.31. The number of fused-ring (bicyclic) bond motifs is 4. The first-order valence-electron chi connectivity index (χ1n) is 10.8. The molecule has 7 unspecified atom stereocenters. The molecule has 138 valence electrons. The standard InChI is InChI=1S/C22H40N2/c1-14-18-11-17(22(18,4)5)12-20(14)24-9-8-23-13-15-6-7-16-10-19(15)21(16,2)3/h14-20,23-24H,6-13H2,1-5H3. The fourth-order valence-electron chi connectivity index (χ4n) is 7.26. The van der Waals surface area contributed by atoms with Crippen LogP contribution in [0.15, 0.2) is 0 Å². The van der Waals surface area contributed by atoms with Crippen LogP contribution in [-0.2, 0) is 0 Å². The summed E-state index contributed by atoms with van der Waals surface area (Å²) in [4.78, 5) is 0. The second-order valence-corrected chi connectivity index (χ2v) is 10.9. The van der Waals surface area contributed by atoms with Crippen LogP contribution in [0.2, 0.25) is 0 Å². The molecule has 6 saturated carbocycles. The Morgan fingerprint density at radius 2 is 1.54 bits per heavy atom. The molecule has 0 aromatic heterocycles. The third-order valence-corrected chi connectivity index (χ3v) is 9.47. The molecule has 6 rings (SSSR count). The summed E-state index contributed by atoms with van der Waals surface area (Å²) in [5.74, 6) is 5.74. The van der Waals surface area contributed by atoms with E-state index in [0.29, 0.717) is 10.8 Å². The van der Waals surface area contributed by atoms with Crippen molar-refractivity contribution in [3.8, 4) is 0 Å². The van der Waals surface area contributed by atoms with Crippen LogP contribution in [0.3, 0.4) is 0 Å². The van der Waals surface area contributed by atoms with Gasteiger partial charge in [-0.25, -0.2) is 0 Å². The van der Waals surface area contributed by atoms with Gasteiger partial charge in [-0.1, -0.05) is 34.6 Å². The van der Waals surface area contributed by atoms with Gasteiger partial charge in [0.2, 0.25) is 0 Å². The molecule has 0 spiro atoms. The van der Waals surface area contributed by atoms with E-state index in [9.17, 15) is 0 Å². The lowest BCUT2D eigenvalue weighted by molar-refractivity contribution is -0.115. The lowest BCUT2D eigenvalue weighted by Gasteiger charge is -2.62. The summed E-state index contributed by atoms with van der Waals surface area (Å²) in [5, 5.41) is 7.66. The second kappa shape index (κ2) is 5.98. The molecule has 6 aliphatic carbocycles. The van der Waals surface area contributed by atoms with E-state index in [4.69, 9.17) is 0 Å². The van der Waals surface area contributed by atoms with E-state index in [2.05, 4.69) is 45.3 Å². The molecule has 0 heterocycles. The Morgan fingerprint density at radius 3 is 2.17 bits per heavy atom. The van der Waals surface area contributed by atoms with Crippen LogP contribution in [-0.4, -0.2) is 25.7 Å². The summed E-state index contributed by atoms with van der Waals surface area (Å²) in [6.07, 6.45) is 7.36. The zero-order chi connectivity index (χ0) is 17.1. The molecule has 6 fully saturated rings. The lowest BCUT2D eigenvalue weighted by atomic mass is 9.45. The zero-order valence-corrected chi connectivity index (χ0v) is 16.7. The van der Waals surface area contributed by atoms with Crippen molar-refractivity contribution in [3.05, 3.63) is 0 Å². The molecule has 2 nitrogen and oxygen atoms in total. The van der Waals surface area contributed by atoms with E-state index in [0.717, 1.165) is 54.6 Å². The summed E-state index contributed by atoms with van der Waals surface area (Å²) < 4.78 is 0. The average Bonchev–Trinajstić information content (AvgIpc) is 2.55. The molecular weight excluding hydrogens is 292 g/mol. The average molecular weight is 333 g/mol. The molecule has 2 heteroatoms. The van der Waals surface area contributed by atoms with Gasteiger partial charge in [0.25, 0.3) is 0 Å². The largest absolute Gasteiger partial charge is 0.315 e. The fraction of sp³-hybridized carbons (Fsp3) is 1.00. The van der Waals surface area contributed by atoms with Crippen molar-refractivity contribution in [2.24, 2.45) is 46.3 Å². The van der Waals surface area contributed by atoms with Gasteiger partial charge in [0.15, 0.2) is 0 Å². The zero-order valence-electron chi connectivity index (χ0n) is 16.7. The molecule has 0 aromatic carbocycles. The van der Waals surface area contributed by atoms with E-state index < -0.39 is 0 Å². The van der Waals surface area contributed by atoms with Crippen LogP contribution >= 0.6 is 0 Å². The fourth-order valence-corrected chi connectivity index (χ4v) is 7.26.